The maximum Gasteiger partial charge on any atom is 0.326 e. The first-order valence-electron chi connectivity index (χ1n) is 7.66. The summed E-state index contributed by atoms with van der Waals surface area (Å²) in [7, 11) is 1.09. The minimum absolute atomic E-state index is 0.0852. The number of unbranched alkanes of at least 4 members (excludes halogenated alkanes) is 1. The van der Waals surface area contributed by atoms with E-state index >= 15 is 0 Å². The van der Waals surface area contributed by atoms with Crippen LogP contribution in [0.15, 0.2) is 24.3 Å². The van der Waals surface area contributed by atoms with Crippen LogP contribution in [0.2, 0.25) is 0 Å². The maximum absolute atomic E-state index is 13.0. The van der Waals surface area contributed by atoms with E-state index in [1.54, 1.807) is 12.1 Å². The van der Waals surface area contributed by atoms with Crippen LogP contribution in [0, 0.1) is 0 Å². The van der Waals surface area contributed by atoms with Crippen LogP contribution >= 0.6 is 0 Å². The van der Waals surface area contributed by atoms with Crippen molar-refractivity contribution in [1.29, 1.82) is 0 Å². The Hall–Kier alpha value is -2.70. The molecular formula is C17H19NO6. The Kier molecular flexibility index (Phi) is 5.02. The summed E-state index contributed by atoms with van der Waals surface area (Å²) in [4.78, 5) is 50.5. The summed E-state index contributed by atoms with van der Waals surface area (Å²) in [5.74, 6) is -3.66. The summed E-state index contributed by atoms with van der Waals surface area (Å²) >= 11 is 0. The van der Waals surface area contributed by atoms with Gasteiger partial charge in [0.05, 0.1) is 13.5 Å². The fraction of sp³-hybridized carbons (Fsp3) is 0.412. The first-order valence-corrected chi connectivity index (χ1v) is 7.66. The van der Waals surface area contributed by atoms with E-state index in [1.165, 1.54) is 12.1 Å². The molecule has 0 fully saturated rings. The van der Waals surface area contributed by atoms with E-state index in [4.69, 9.17) is 4.74 Å². The zero-order chi connectivity index (χ0) is 17.9. The van der Waals surface area contributed by atoms with Crippen LogP contribution in [0.5, 0.6) is 0 Å². The molecule has 0 saturated carbocycles. The number of carboxylic acid groups (broad SMARTS) is 1. The zero-order valence-electron chi connectivity index (χ0n) is 13.6. The number of hydrogen-bond acceptors (Lipinski definition) is 5. The van der Waals surface area contributed by atoms with Crippen molar-refractivity contribution in [2.45, 2.75) is 31.6 Å². The lowest BCUT2D eigenvalue weighted by Gasteiger charge is -2.39. The van der Waals surface area contributed by atoms with E-state index in [9.17, 15) is 24.3 Å². The van der Waals surface area contributed by atoms with Gasteiger partial charge in [0.25, 0.3) is 11.8 Å². The summed E-state index contributed by atoms with van der Waals surface area (Å²) in [6.07, 6.45) is 0.526. The molecule has 0 radical (unpaired) electrons. The second kappa shape index (κ2) is 6.82. The minimum atomic E-state index is -2.04. The number of fused-ring (bicyclic) bond motifs is 1. The van der Waals surface area contributed by atoms with Gasteiger partial charge in [-0.2, -0.15) is 0 Å². The summed E-state index contributed by atoms with van der Waals surface area (Å²) in [5.41, 5.74) is -1.81. The van der Waals surface area contributed by atoms with Crippen LogP contribution in [0.1, 0.15) is 42.1 Å². The summed E-state index contributed by atoms with van der Waals surface area (Å²) < 4.78 is 4.75. The average Bonchev–Trinajstić information content (AvgIpc) is 2.57. The lowest BCUT2D eigenvalue weighted by molar-refractivity contribution is -0.161. The summed E-state index contributed by atoms with van der Waals surface area (Å²) in [6, 6.07) is 6.08. The third kappa shape index (κ3) is 2.66. The summed E-state index contributed by atoms with van der Waals surface area (Å²) in [6.45, 7) is 2.03. The van der Waals surface area contributed by atoms with Crippen molar-refractivity contribution >= 4 is 23.8 Å². The topological polar surface area (TPSA) is 101 Å². The third-order valence-electron chi connectivity index (χ3n) is 4.16. The Morgan fingerprint density at radius 2 is 1.92 bits per heavy atom. The second-order valence-corrected chi connectivity index (χ2v) is 5.63. The van der Waals surface area contributed by atoms with Gasteiger partial charge in [0.15, 0.2) is 5.41 Å². The molecule has 1 aromatic carbocycles. The van der Waals surface area contributed by atoms with Crippen molar-refractivity contribution in [1.82, 2.24) is 4.90 Å². The molecule has 1 aliphatic heterocycles. The third-order valence-corrected chi connectivity index (χ3v) is 4.16. The quantitative estimate of drug-likeness (QED) is 0.479. The number of methoxy groups -OCH3 is 1. The van der Waals surface area contributed by atoms with Gasteiger partial charge in [-0.15, -0.1) is 0 Å². The highest BCUT2D eigenvalue weighted by molar-refractivity contribution is 6.22. The van der Waals surface area contributed by atoms with Crippen LogP contribution < -0.4 is 0 Å². The van der Waals surface area contributed by atoms with E-state index in [0.29, 0.717) is 6.42 Å². The van der Waals surface area contributed by atoms with Gasteiger partial charge in [-0.25, -0.2) is 0 Å². The molecule has 0 aromatic heterocycles. The normalized spacial score (nSPS) is 19.8. The molecule has 2 rings (SSSR count). The Balaban J connectivity index is 2.71. The highest BCUT2D eigenvalue weighted by Crippen LogP contribution is 2.39. The van der Waals surface area contributed by atoms with Crippen LogP contribution in [-0.4, -0.2) is 47.4 Å². The molecule has 0 spiro atoms. The van der Waals surface area contributed by atoms with E-state index in [1.807, 2.05) is 6.92 Å². The van der Waals surface area contributed by atoms with Crippen LogP contribution in [0.25, 0.3) is 0 Å². The number of nitrogens with zero attached hydrogens (tertiary/aromatic N) is 1. The van der Waals surface area contributed by atoms with Crippen LogP contribution in [-0.2, 0) is 24.5 Å². The molecule has 1 heterocycles. The Labute approximate surface area is 139 Å². The fourth-order valence-electron chi connectivity index (χ4n) is 2.99. The van der Waals surface area contributed by atoms with Gasteiger partial charge < -0.3 is 9.84 Å². The van der Waals surface area contributed by atoms with Gasteiger partial charge in [-0.05, 0) is 18.1 Å². The lowest BCUT2D eigenvalue weighted by Crippen LogP contribution is -2.59. The number of carbonyl (C=O) groups is 4. The second-order valence-electron chi connectivity index (χ2n) is 5.63. The molecule has 1 aliphatic rings. The van der Waals surface area contributed by atoms with E-state index < -0.39 is 35.6 Å². The van der Waals surface area contributed by atoms with Gasteiger partial charge >= 0.3 is 11.9 Å². The number of carbonyl (C=O) groups excluding carboxylic acids is 3. The molecule has 0 bridgehead atoms. The fourth-order valence-corrected chi connectivity index (χ4v) is 2.99. The molecular weight excluding hydrogens is 314 g/mol. The average molecular weight is 333 g/mol. The molecule has 0 saturated heterocycles. The molecule has 1 aromatic rings. The van der Waals surface area contributed by atoms with Crippen molar-refractivity contribution in [3.63, 3.8) is 0 Å². The predicted octanol–water partition coefficient (Wildman–Crippen LogP) is 1.35. The molecule has 2 amide bonds. The van der Waals surface area contributed by atoms with E-state index in [2.05, 4.69) is 0 Å². The largest absolute Gasteiger partial charge is 0.481 e. The molecule has 1 N–H and O–H groups in total. The van der Waals surface area contributed by atoms with Crippen molar-refractivity contribution in [2.75, 3.05) is 13.7 Å². The van der Waals surface area contributed by atoms with Crippen molar-refractivity contribution in [3.8, 4) is 0 Å². The van der Waals surface area contributed by atoms with Crippen molar-refractivity contribution < 1.29 is 29.0 Å². The molecule has 128 valence electrons. The van der Waals surface area contributed by atoms with E-state index in [-0.39, 0.29) is 17.7 Å². The molecule has 0 aliphatic carbocycles. The Bertz CT molecular complexity index is 698. The Morgan fingerprint density at radius 3 is 2.50 bits per heavy atom. The van der Waals surface area contributed by atoms with Gasteiger partial charge in [-0.3, -0.25) is 24.1 Å². The van der Waals surface area contributed by atoms with Gasteiger partial charge in [-0.1, -0.05) is 31.5 Å². The number of carboxylic acids is 1. The predicted molar refractivity (Wildman–Crippen MR) is 83.3 cm³/mol. The number of amides is 2. The van der Waals surface area contributed by atoms with Gasteiger partial charge in [0, 0.05) is 12.1 Å². The molecule has 1 unspecified atom stereocenters. The lowest BCUT2D eigenvalue weighted by atomic mass is 9.71. The molecule has 24 heavy (non-hydrogen) atoms. The monoisotopic (exact) mass is 333 g/mol. The number of ether oxygens (including phenoxy) is 1. The van der Waals surface area contributed by atoms with Gasteiger partial charge in [0.1, 0.15) is 0 Å². The first-order chi connectivity index (χ1) is 11.4. The number of aliphatic carboxylic acids is 1. The smallest absolute Gasteiger partial charge is 0.326 e. The number of imide groups is 1. The van der Waals surface area contributed by atoms with E-state index in [0.717, 1.165) is 18.4 Å². The number of hydrogen-bond donors (Lipinski definition) is 1. The van der Waals surface area contributed by atoms with Crippen molar-refractivity contribution in [3.05, 3.63) is 35.4 Å². The highest BCUT2D eigenvalue weighted by Gasteiger charge is 2.57. The minimum Gasteiger partial charge on any atom is -0.481 e. The highest BCUT2D eigenvalue weighted by atomic mass is 16.5. The van der Waals surface area contributed by atoms with Gasteiger partial charge in [0.2, 0.25) is 0 Å². The molecule has 7 nitrogen and oxygen atoms in total. The standard InChI is InChI=1S/C17H19NO6/c1-3-4-9-18-14(21)11-7-5-6-8-12(11)17(15(18)22,10-13(19)20)16(23)24-2/h5-8H,3-4,9-10H2,1-2H3,(H,19,20). The van der Waals surface area contributed by atoms with Crippen LogP contribution in [0.3, 0.4) is 0 Å². The first kappa shape index (κ1) is 17.7. The number of rotatable bonds is 6. The maximum atomic E-state index is 13.0. The molecule has 1 atom stereocenters. The molecule has 7 heteroatoms. The zero-order valence-corrected chi connectivity index (χ0v) is 13.6. The summed E-state index contributed by atoms with van der Waals surface area (Å²) in [5, 5.41) is 9.28. The number of benzene rings is 1. The SMILES string of the molecule is CCCCN1C(=O)c2ccccc2C(CC(=O)O)(C(=O)OC)C1=O. The van der Waals surface area contributed by atoms with Crippen molar-refractivity contribution in [2.24, 2.45) is 0 Å². The Morgan fingerprint density at radius 1 is 1.25 bits per heavy atom. The number of esters is 1. The van der Waals surface area contributed by atoms with Crippen LogP contribution in [0.4, 0.5) is 0 Å².